The zero-order valence-corrected chi connectivity index (χ0v) is 6.98. The van der Waals surface area contributed by atoms with Crippen molar-refractivity contribution in [1.29, 1.82) is 0 Å². The molecule has 1 aromatic carbocycles. The monoisotopic (exact) mass is 202 g/mol. The molecule has 0 saturated heterocycles. The third-order valence-electron chi connectivity index (χ3n) is 1.63. The Bertz CT molecular complexity index is 325. The molecule has 1 rings (SSSR count). The Morgan fingerprint density at radius 3 is 1.29 bits per heavy atom. The Labute approximate surface area is 78.2 Å². The Hall–Kier alpha value is -1.58. The van der Waals surface area contributed by atoms with Crippen LogP contribution in [0.5, 0.6) is 0 Å². The van der Waals surface area contributed by atoms with E-state index in [-0.39, 0.29) is 23.8 Å². The summed E-state index contributed by atoms with van der Waals surface area (Å²) < 4.78 is 48.6. The molecule has 74 valence electrons. The molecule has 14 heavy (non-hydrogen) atoms. The van der Waals surface area contributed by atoms with Gasteiger partial charge in [0.1, 0.15) is 12.7 Å². The van der Waals surface area contributed by atoms with Crippen molar-refractivity contribution in [1.82, 2.24) is 0 Å². The average molecular weight is 202 g/mol. The summed E-state index contributed by atoms with van der Waals surface area (Å²) in [5.41, 5.74) is -0.0502. The summed E-state index contributed by atoms with van der Waals surface area (Å²) in [5.74, 6) is -2.11. The van der Waals surface area contributed by atoms with Gasteiger partial charge in [0.05, 0.1) is 0 Å². The summed E-state index contributed by atoms with van der Waals surface area (Å²) in [4.78, 5) is 0. The lowest BCUT2D eigenvalue weighted by Crippen LogP contribution is -1.80. The zero-order valence-electron chi connectivity index (χ0n) is 6.98. The first-order valence-corrected chi connectivity index (χ1v) is 3.71. The van der Waals surface area contributed by atoms with Gasteiger partial charge in [-0.1, -0.05) is 24.3 Å². The Kier molecular flexibility index (Phi) is 3.45. The lowest BCUT2D eigenvalue weighted by molar-refractivity contribution is 0.669. The minimum Gasteiger partial charge on any atom is -0.212 e. The molecule has 0 spiro atoms. The number of hydrogen-bond acceptors (Lipinski definition) is 0. The van der Waals surface area contributed by atoms with Crippen LogP contribution < -0.4 is 0 Å². The van der Waals surface area contributed by atoms with Gasteiger partial charge in [-0.05, 0) is 0 Å². The van der Waals surface area contributed by atoms with E-state index in [1.165, 1.54) is 0 Å². The fourth-order valence-electron chi connectivity index (χ4n) is 0.915. The minimum absolute atomic E-state index is 0.0251. The van der Waals surface area contributed by atoms with Crippen LogP contribution in [0.1, 0.15) is 11.1 Å². The molecule has 0 aliphatic heterocycles. The number of hydrogen-bond donors (Lipinski definition) is 0. The molecule has 0 amide bonds. The van der Waals surface area contributed by atoms with E-state index < -0.39 is 11.7 Å². The van der Waals surface area contributed by atoms with Gasteiger partial charge in [-0.3, -0.25) is 0 Å². The summed E-state index contributed by atoms with van der Waals surface area (Å²) in [5, 5.41) is 0. The van der Waals surface area contributed by atoms with E-state index in [9.17, 15) is 17.6 Å². The molecule has 0 fully saturated rings. The second-order valence-electron chi connectivity index (χ2n) is 2.49. The summed E-state index contributed by atoms with van der Waals surface area (Å²) in [7, 11) is 0. The predicted octanol–water partition coefficient (Wildman–Crippen LogP) is 4.16. The first kappa shape index (κ1) is 10.5. The van der Waals surface area contributed by atoms with Crippen LogP contribution in [0.2, 0.25) is 0 Å². The van der Waals surface area contributed by atoms with E-state index in [4.69, 9.17) is 0 Å². The standard InChI is InChI=1S/C10H6F4/c11-5-9(13)7-1-2-8(4-3-7)10(14)6-12/h1-6H. The number of halogens is 4. The molecule has 0 N–H and O–H groups in total. The zero-order chi connectivity index (χ0) is 10.6. The van der Waals surface area contributed by atoms with E-state index in [0.29, 0.717) is 0 Å². The molecule has 1 aromatic rings. The Morgan fingerprint density at radius 1 is 0.786 bits per heavy atom. The van der Waals surface area contributed by atoms with Gasteiger partial charge in [0, 0.05) is 11.1 Å². The molecule has 0 radical (unpaired) electrons. The quantitative estimate of drug-likeness (QED) is 0.631. The second kappa shape index (κ2) is 4.60. The van der Waals surface area contributed by atoms with Crippen molar-refractivity contribution in [2.45, 2.75) is 0 Å². The summed E-state index contributed by atoms with van der Waals surface area (Å²) in [6.45, 7) is 0. The largest absolute Gasteiger partial charge is 0.212 e. The van der Waals surface area contributed by atoms with E-state index >= 15 is 0 Å². The summed E-state index contributed by atoms with van der Waals surface area (Å²) in [6, 6.07) is 4.63. The fourth-order valence-corrected chi connectivity index (χ4v) is 0.915. The first-order chi connectivity index (χ1) is 6.69. The molecule has 0 aliphatic rings. The molecule has 0 aliphatic carbocycles. The molecule has 0 unspecified atom stereocenters. The van der Waals surface area contributed by atoms with E-state index in [0.717, 1.165) is 24.3 Å². The predicted molar refractivity (Wildman–Crippen MR) is 46.8 cm³/mol. The molecule has 0 aromatic heterocycles. The van der Waals surface area contributed by atoms with Crippen LogP contribution in [0.15, 0.2) is 36.9 Å². The fraction of sp³-hybridized carbons (Fsp3) is 0. The highest BCUT2D eigenvalue weighted by Gasteiger charge is 2.03. The van der Waals surface area contributed by atoms with Gasteiger partial charge in [0.25, 0.3) is 0 Å². The molecule has 0 bridgehead atoms. The van der Waals surface area contributed by atoms with Crippen LogP contribution in [0, 0.1) is 0 Å². The highest BCUT2D eigenvalue weighted by molar-refractivity contribution is 5.63. The normalized spacial score (nSPS) is 13.1. The van der Waals surface area contributed by atoms with Crippen molar-refractivity contribution in [3.8, 4) is 0 Å². The first-order valence-electron chi connectivity index (χ1n) is 3.71. The van der Waals surface area contributed by atoms with Crippen LogP contribution in [-0.4, -0.2) is 0 Å². The van der Waals surface area contributed by atoms with E-state index in [2.05, 4.69) is 0 Å². The van der Waals surface area contributed by atoms with E-state index in [1.807, 2.05) is 0 Å². The van der Waals surface area contributed by atoms with Gasteiger partial charge < -0.3 is 0 Å². The molecule has 0 heterocycles. The molecule has 4 heteroatoms. The highest BCUT2D eigenvalue weighted by atomic mass is 19.2. The maximum atomic E-state index is 12.6. The average Bonchev–Trinajstić information content (AvgIpc) is 2.27. The SMILES string of the molecule is FC=C(F)c1ccc(C(F)=CF)cc1. The van der Waals surface area contributed by atoms with Crippen molar-refractivity contribution < 1.29 is 17.6 Å². The van der Waals surface area contributed by atoms with Crippen molar-refractivity contribution in [3.63, 3.8) is 0 Å². The maximum Gasteiger partial charge on any atom is 0.158 e. The van der Waals surface area contributed by atoms with Crippen LogP contribution in [0.25, 0.3) is 11.7 Å². The lowest BCUT2D eigenvalue weighted by atomic mass is 10.1. The van der Waals surface area contributed by atoms with Crippen molar-refractivity contribution in [2.75, 3.05) is 0 Å². The minimum atomic E-state index is -1.05. The second-order valence-corrected chi connectivity index (χ2v) is 2.49. The van der Waals surface area contributed by atoms with E-state index in [1.54, 1.807) is 0 Å². The van der Waals surface area contributed by atoms with Crippen molar-refractivity contribution in [3.05, 3.63) is 48.1 Å². The highest BCUT2D eigenvalue weighted by Crippen LogP contribution is 2.21. The number of benzene rings is 1. The van der Waals surface area contributed by atoms with Crippen LogP contribution in [0.4, 0.5) is 17.6 Å². The lowest BCUT2D eigenvalue weighted by Gasteiger charge is -1.98. The molecular weight excluding hydrogens is 196 g/mol. The Balaban J connectivity index is 3.01. The molecule has 0 saturated carbocycles. The third kappa shape index (κ3) is 2.22. The van der Waals surface area contributed by atoms with Crippen LogP contribution in [-0.2, 0) is 0 Å². The van der Waals surface area contributed by atoms with Crippen molar-refractivity contribution >= 4 is 11.7 Å². The molecule has 0 atom stereocenters. The van der Waals surface area contributed by atoms with Gasteiger partial charge in [0.15, 0.2) is 11.7 Å². The smallest absolute Gasteiger partial charge is 0.158 e. The van der Waals surface area contributed by atoms with Gasteiger partial charge in [-0.2, -0.15) is 0 Å². The van der Waals surface area contributed by atoms with Gasteiger partial charge >= 0.3 is 0 Å². The summed E-state index contributed by atoms with van der Waals surface area (Å²) in [6.07, 6.45) is -0.396. The molecular formula is C10H6F4. The Morgan fingerprint density at radius 2 is 1.07 bits per heavy atom. The molecule has 0 nitrogen and oxygen atoms in total. The third-order valence-corrected chi connectivity index (χ3v) is 1.63. The van der Waals surface area contributed by atoms with Crippen LogP contribution >= 0.6 is 0 Å². The number of rotatable bonds is 2. The van der Waals surface area contributed by atoms with Gasteiger partial charge in [0.2, 0.25) is 0 Å². The topological polar surface area (TPSA) is 0 Å². The maximum absolute atomic E-state index is 12.6. The van der Waals surface area contributed by atoms with Crippen molar-refractivity contribution in [2.24, 2.45) is 0 Å². The van der Waals surface area contributed by atoms with Gasteiger partial charge in [-0.25, -0.2) is 17.6 Å². The van der Waals surface area contributed by atoms with Crippen LogP contribution in [0.3, 0.4) is 0 Å². The summed E-state index contributed by atoms with van der Waals surface area (Å²) >= 11 is 0. The van der Waals surface area contributed by atoms with Gasteiger partial charge in [-0.15, -0.1) is 0 Å².